The van der Waals surface area contributed by atoms with Gasteiger partial charge in [-0.15, -0.1) is 0 Å². The molecule has 2 rings (SSSR count). The third-order valence-corrected chi connectivity index (χ3v) is 3.35. The van der Waals surface area contributed by atoms with Crippen LogP contribution >= 0.6 is 0 Å². The summed E-state index contributed by atoms with van der Waals surface area (Å²) in [5, 5.41) is 7.39. The highest BCUT2D eigenvalue weighted by molar-refractivity contribution is 5.95. The van der Waals surface area contributed by atoms with Gasteiger partial charge in [0.05, 0.1) is 6.10 Å². The molecular formula is C14H21N3O. The molecule has 1 aromatic carbocycles. The highest BCUT2D eigenvalue weighted by Gasteiger charge is 2.17. The fourth-order valence-electron chi connectivity index (χ4n) is 2.23. The lowest BCUT2D eigenvalue weighted by molar-refractivity contribution is 0.0664. The zero-order valence-corrected chi connectivity index (χ0v) is 10.9. The van der Waals surface area contributed by atoms with Crippen LogP contribution in [0.5, 0.6) is 0 Å². The minimum absolute atomic E-state index is 0.118. The quantitative estimate of drug-likeness (QED) is 0.634. The third kappa shape index (κ3) is 3.01. The van der Waals surface area contributed by atoms with Gasteiger partial charge in [-0.25, -0.2) is 0 Å². The van der Waals surface area contributed by atoms with E-state index in [4.69, 9.17) is 15.9 Å². The molecule has 4 heteroatoms. The Morgan fingerprint density at radius 2 is 2.17 bits per heavy atom. The first-order valence-electron chi connectivity index (χ1n) is 6.51. The molecule has 1 fully saturated rings. The zero-order chi connectivity index (χ0) is 13.0. The van der Waals surface area contributed by atoms with Crippen LogP contribution in [0.2, 0.25) is 0 Å². The van der Waals surface area contributed by atoms with Crippen molar-refractivity contribution in [2.75, 3.05) is 24.6 Å². The maximum atomic E-state index is 7.39. The van der Waals surface area contributed by atoms with Gasteiger partial charge in [0, 0.05) is 30.9 Å². The van der Waals surface area contributed by atoms with Gasteiger partial charge in [0.25, 0.3) is 0 Å². The Hall–Kier alpha value is -1.55. The predicted molar refractivity (Wildman–Crippen MR) is 74.3 cm³/mol. The van der Waals surface area contributed by atoms with Crippen LogP contribution in [0.4, 0.5) is 5.69 Å². The number of ether oxygens (including phenoxy) is 1. The molecule has 1 heterocycles. The summed E-state index contributed by atoms with van der Waals surface area (Å²) in [5.41, 5.74) is 7.42. The van der Waals surface area contributed by atoms with Crippen LogP contribution in [0.1, 0.15) is 25.3 Å². The molecule has 3 N–H and O–H groups in total. The number of benzene rings is 1. The van der Waals surface area contributed by atoms with Gasteiger partial charge in [-0.05, 0) is 37.1 Å². The molecule has 0 bridgehead atoms. The van der Waals surface area contributed by atoms with Gasteiger partial charge >= 0.3 is 0 Å². The Morgan fingerprint density at radius 1 is 1.44 bits per heavy atom. The number of nitrogens with zero attached hydrogens (tertiary/aromatic N) is 1. The molecule has 0 saturated carbocycles. The van der Waals surface area contributed by atoms with E-state index in [1.165, 1.54) is 5.69 Å². The summed E-state index contributed by atoms with van der Waals surface area (Å²) in [4.78, 5) is 2.35. The van der Waals surface area contributed by atoms with E-state index in [0.717, 1.165) is 38.1 Å². The summed E-state index contributed by atoms with van der Waals surface area (Å²) in [6, 6.07) is 7.89. The van der Waals surface area contributed by atoms with Crippen molar-refractivity contribution in [2.24, 2.45) is 5.73 Å². The van der Waals surface area contributed by atoms with Crippen LogP contribution in [-0.4, -0.2) is 31.6 Å². The SMILES string of the molecule is CCC1CN(c2ccc(C(=N)N)cc2)CCCO1. The second kappa shape index (κ2) is 5.87. The van der Waals surface area contributed by atoms with Crippen molar-refractivity contribution in [3.8, 4) is 0 Å². The molecule has 98 valence electrons. The lowest BCUT2D eigenvalue weighted by atomic mass is 10.1. The monoisotopic (exact) mass is 247 g/mol. The minimum atomic E-state index is 0.118. The second-order valence-electron chi connectivity index (χ2n) is 4.66. The van der Waals surface area contributed by atoms with Crippen LogP contribution in [0.25, 0.3) is 0 Å². The number of anilines is 1. The molecule has 0 aromatic heterocycles. The smallest absolute Gasteiger partial charge is 0.122 e. The molecule has 1 saturated heterocycles. The molecule has 1 unspecified atom stereocenters. The fourth-order valence-corrected chi connectivity index (χ4v) is 2.23. The summed E-state index contributed by atoms with van der Waals surface area (Å²) in [5.74, 6) is 0.118. The van der Waals surface area contributed by atoms with E-state index in [1.807, 2.05) is 24.3 Å². The van der Waals surface area contributed by atoms with Crippen molar-refractivity contribution in [2.45, 2.75) is 25.9 Å². The first kappa shape index (κ1) is 12.9. The molecule has 1 aromatic rings. The van der Waals surface area contributed by atoms with Crippen molar-refractivity contribution >= 4 is 11.5 Å². The molecule has 18 heavy (non-hydrogen) atoms. The first-order chi connectivity index (χ1) is 8.70. The first-order valence-corrected chi connectivity index (χ1v) is 6.51. The number of hydrogen-bond donors (Lipinski definition) is 2. The average Bonchev–Trinajstić information content (AvgIpc) is 2.64. The average molecular weight is 247 g/mol. The third-order valence-electron chi connectivity index (χ3n) is 3.35. The standard InChI is InChI=1S/C14H21N3O/c1-2-13-10-17(8-3-9-18-13)12-6-4-11(5-7-12)14(15)16/h4-7,13H,2-3,8-10H2,1H3,(H3,15,16). The number of nitrogens with one attached hydrogen (secondary N) is 1. The van der Waals surface area contributed by atoms with E-state index in [0.29, 0.717) is 6.10 Å². The fraction of sp³-hybridized carbons (Fsp3) is 0.500. The molecule has 1 aliphatic heterocycles. The van der Waals surface area contributed by atoms with E-state index in [-0.39, 0.29) is 5.84 Å². The molecule has 0 spiro atoms. The number of hydrogen-bond acceptors (Lipinski definition) is 3. The van der Waals surface area contributed by atoms with Crippen LogP contribution in [0.3, 0.4) is 0 Å². The lowest BCUT2D eigenvalue weighted by Gasteiger charge is -2.25. The number of rotatable bonds is 3. The Labute approximate surface area is 108 Å². The molecule has 4 nitrogen and oxygen atoms in total. The summed E-state index contributed by atoms with van der Waals surface area (Å²) in [7, 11) is 0. The number of nitrogens with two attached hydrogens (primary N) is 1. The Morgan fingerprint density at radius 3 is 2.78 bits per heavy atom. The van der Waals surface area contributed by atoms with E-state index in [1.54, 1.807) is 0 Å². The summed E-state index contributed by atoms with van der Waals surface area (Å²) < 4.78 is 5.77. The van der Waals surface area contributed by atoms with Crippen molar-refractivity contribution < 1.29 is 4.74 Å². The van der Waals surface area contributed by atoms with Crippen LogP contribution < -0.4 is 10.6 Å². The van der Waals surface area contributed by atoms with E-state index >= 15 is 0 Å². The van der Waals surface area contributed by atoms with E-state index in [9.17, 15) is 0 Å². The van der Waals surface area contributed by atoms with E-state index < -0.39 is 0 Å². The van der Waals surface area contributed by atoms with Gasteiger partial charge in [0.2, 0.25) is 0 Å². The Kier molecular flexibility index (Phi) is 4.20. The topological polar surface area (TPSA) is 62.3 Å². The van der Waals surface area contributed by atoms with Gasteiger partial charge in [-0.2, -0.15) is 0 Å². The molecule has 1 atom stereocenters. The van der Waals surface area contributed by atoms with Crippen molar-refractivity contribution in [3.05, 3.63) is 29.8 Å². The van der Waals surface area contributed by atoms with Gasteiger partial charge in [0.15, 0.2) is 0 Å². The van der Waals surface area contributed by atoms with Crippen molar-refractivity contribution in [1.29, 1.82) is 5.41 Å². The Balaban J connectivity index is 2.11. The minimum Gasteiger partial charge on any atom is -0.384 e. The molecule has 0 aliphatic carbocycles. The molecule has 0 radical (unpaired) electrons. The zero-order valence-electron chi connectivity index (χ0n) is 10.9. The maximum absolute atomic E-state index is 7.39. The largest absolute Gasteiger partial charge is 0.384 e. The number of amidine groups is 1. The predicted octanol–water partition coefficient (Wildman–Crippen LogP) is 1.98. The van der Waals surface area contributed by atoms with Crippen LogP contribution in [0, 0.1) is 5.41 Å². The van der Waals surface area contributed by atoms with Crippen molar-refractivity contribution in [3.63, 3.8) is 0 Å². The second-order valence-corrected chi connectivity index (χ2v) is 4.66. The lowest BCUT2D eigenvalue weighted by Crippen LogP contribution is -2.31. The van der Waals surface area contributed by atoms with Crippen molar-refractivity contribution in [1.82, 2.24) is 0 Å². The molecule has 1 aliphatic rings. The van der Waals surface area contributed by atoms with Gasteiger partial charge in [0.1, 0.15) is 5.84 Å². The Bertz CT molecular complexity index is 402. The van der Waals surface area contributed by atoms with Crippen LogP contribution in [-0.2, 0) is 4.74 Å². The maximum Gasteiger partial charge on any atom is 0.122 e. The van der Waals surface area contributed by atoms with Crippen LogP contribution in [0.15, 0.2) is 24.3 Å². The highest BCUT2D eigenvalue weighted by Crippen LogP contribution is 2.19. The highest BCUT2D eigenvalue weighted by atomic mass is 16.5. The molecule has 0 amide bonds. The van der Waals surface area contributed by atoms with E-state index in [2.05, 4.69) is 11.8 Å². The number of nitrogen functional groups attached to an aromatic ring is 1. The summed E-state index contributed by atoms with van der Waals surface area (Å²) >= 11 is 0. The normalized spacial score (nSPS) is 20.5. The summed E-state index contributed by atoms with van der Waals surface area (Å²) in [6.45, 7) is 4.97. The molecular weight excluding hydrogens is 226 g/mol. The van der Waals surface area contributed by atoms with Gasteiger partial charge in [-0.3, -0.25) is 5.41 Å². The van der Waals surface area contributed by atoms with Gasteiger partial charge < -0.3 is 15.4 Å². The summed E-state index contributed by atoms with van der Waals surface area (Å²) in [6.07, 6.45) is 2.42. The van der Waals surface area contributed by atoms with Gasteiger partial charge in [-0.1, -0.05) is 6.92 Å².